The molecule has 36 heavy (non-hydrogen) atoms. The molecule has 3 atom stereocenters. The van der Waals surface area contributed by atoms with Gasteiger partial charge in [-0.3, -0.25) is 4.79 Å². The standard InChI is InChI=1S/C25H19F3N4O4/c26-25(27,28)15-3-1-2-4-16(15)30-24(34)32-21-20-14-11-12(5-7-17(14)36-22(20)21)35-18-9-10-29-23-13(18)6-8-19(33)31-23/h1-5,7,9-11,20-22H,6,8H2,(H,29,31,33)(H2,30,32,34)/t20-,21+,22-/m0/s1. The number of nitrogens with zero attached hydrogens (tertiary/aromatic N) is 1. The van der Waals surface area contributed by atoms with E-state index in [0.717, 1.165) is 17.2 Å². The Morgan fingerprint density at radius 1 is 1.14 bits per heavy atom. The average molecular weight is 496 g/mol. The topological polar surface area (TPSA) is 102 Å². The smallest absolute Gasteiger partial charge is 0.418 e. The van der Waals surface area contributed by atoms with Crippen LogP contribution in [0.25, 0.3) is 0 Å². The number of fused-ring (bicyclic) bond motifs is 4. The zero-order valence-electron chi connectivity index (χ0n) is 18.6. The van der Waals surface area contributed by atoms with Gasteiger partial charge in [-0.25, -0.2) is 9.78 Å². The number of alkyl halides is 3. The van der Waals surface area contributed by atoms with Crippen molar-refractivity contribution < 1.29 is 32.2 Å². The highest BCUT2D eigenvalue weighted by Gasteiger charge is 2.59. The van der Waals surface area contributed by atoms with Crippen LogP contribution >= 0.6 is 0 Å². The van der Waals surface area contributed by atoms with Crippen LogP contribution in [0.15, 0.2) is 54.7 Å². The third kappa shape index (κ3) is 3.96. The minimum Gasteiger partial charge on any atom is -0.487 e. The number of pyridine rings is 1. The van der Waals surface area contributed by atoms with Crippen molar-refractivity contribution in [2.24, 2.45) is 0 Å². The molecule has 1 aliphatic carbocycles. The third-order valence-electron chi connectivity index (χ3n) is 6.44. The molecule has 3 heterocycles. The Kier molecular flexibility index (Phi) is 5.02. The monoisotopic (exact) mass is 496 g/mol. The summed E-state index contributed by atoms with van der Waals surface area (Å²) in [4.78, 5) is 28.3. The second-order valence-corrected chi connectivity index (χ2v) is 8.76. The summed E-state index contributed by atoms with van der Waals surface area (Å²) in [6.45, 7) is 0. The number of hydrogen-bond acceptors (Lipinski definition) is 5. The van der Waals surface area contributed by atoms with Gasteiger partial charge in [-0.05, 0) is 42.8 Å². The molecule has 2 aromatic carbocycles. The molecule has 184 valence electrons. The normalized spacial score (nSPS) is 21.3. The van der Waals surface area contributed by atoms with Crippen LogP contribution in [0.3, 0.4) is 0 Å². The number of carbonyl (C=O) groups is 2. The molecule has 0 spiro atoms. The molecule has 1 aromatic heterocycles. The van der Waals surface area contributed by atoms with E-state index in [1.807, 2.05) is 6.07 Å². The lowest BCUT2D eigenvalue weighted by Crippen LogP contribution is -2.34. The number of hydrogen-bond donors (Lipinski definition) is 3. The summed E-state index contributed by atoms with van der Waals surface area (Å²) in [7, 11) is 0. The molecule has 2 aliphatic heterocycles. The van der Waals surface area contributed by atoms with Gasteiger partial charge in [-0.2, -0.15) is 13.2 Å². The largest absolute Gasteiger partial charge is 0.487 e. The van der Waals surface area contributed by atoms with Gasteiger partial charge in [-0.1, -0.05) is 12.1 Å². The van der Waals surface area contributed by atoms with E-state index in [2.05, 4.69) is 20.9 Å². The van der Waals surface area contributed by atoms with Gasteiger partial charge in [0, 0.05) is 23.7 Å². The number of anilines is 2. The number of amides is 3. The first-order valence-electron chi connectivity index (χ1n) is 11.3. The molecule has 6 rings (SSSR count). The predicted molar refractivity (Wildman–Crippen MR) is 122 cm³/mol. The Balaban J connectivity index is 1.15. The second-order valence-electron chi connectivity index (χ2n) is 8.76. The van der Waals surface area contributed by atoms with E-state index in [1.54, 1.807) is 24.4 Å². The van der Waals surface area contributed by atoms with Gasteiger partial charge in [0.05, 0.1) is 23.2 Å². The van der Waals surface area contributed by atoms with Gasteiger partial charge in [0.2, 0.25) is 5.91 Å². The Morgan fingerprint density at radius 2 is 1.97 bits per heavy atom. The maximum Gasteiger partial charge on any atom is 0.418 e. The fourth-order valence-corrected chi connectivity index (χ4v) is 4.71. The van der Waals surface area contributed by atoms with Crippen molar-refractivity contribution >= 4 is 23.4 Å². The van der Waals surface area contributed by atoms with Gasteiger partial charge in [0.15, 0.2) is 0 Å². The van der Waals surface area contributed by atoms with E-state index in [4.69, 9.17) is 9.47 Å². The van der Waals surface area contributed by atoms with Crippen LogP contribution in [0.1, 0.15) is 29.0 Å². The summed E-state index contributed by atoms with van der Waals surface area (Å²) in [5.74, 6) is 2.06. The van der Waals surface area contributed by atoms with Crippen molar-refractivity contribution in [1.29, 1.82) is 0 Å². The van der Waals surface area contributed by atoms with Gasteiger partial charge < -0.3 is 25.4 Å². The Morgan fingerprint density at radius 3 is 2.81 bits per heavy atom. The highest BCUT2D eigenvalue weighted by molar-refractivity contribution is 5.93. The number of rotatable bonds is 4. The maximum atomic E-state index is 13.2. The maximum absolute atomic E-state index is 13.2. The van der Waals surface area contributed by atoms with Crippen molar-refractivity contribution in [3.63, 3.8) is 0 Å². The SMILES string of the molecule is O=C1CCc2c(Oc3ccc4c(c3)[C@H]3[C@@H](NC(=O)Nc5ccccc5C(F)(F)F)[C@H]3O4)ccnc2N1. The number of para-hydroxylation sites is 1. The predicted octanol–water partition coefficient (Wildman–Crippen LogP) is 4.83. The molecule has 3 N–H and O–H groups in total. The average Bonchev–Trinajstić information content (AvgIpc) is 3.34. The van der Waals surface area contributed by atoms with Crippen molar-refractivity contribution in [3.8, 4) is 17.2 Å². The van der Waals surface area contributed by atoms with Crippen molar-refractivity contribution in [2.75, 3.05) is 10.6 Å². The molecular formula is C25H19F3N4O4. The summed E-state index contributed by atoms with van der Waals surface area (Å²) in [6, 6.07) is 10.8. The number of ether oxygens (including phenoxy) is 2. The van der Waals surface area contributed by atoms with Gasteiger partial charge >= 0.3 is 12.2 Å². The third-order valence-corrected chi connectivity index (χ3v) is 6.44. The minimum absolute atomic E-state index is 0.0916. The molecule has 11 heteroatoms. The van der Waals surface area contributed by atoms with Crippen molar-refractivity contribution in [2.45, 2.75) is 37.1 Å². The highest BCUT2D eigenvalue weighted by atomic mass is 19.4. The van der Waals surface area contributed by atoms with Gasteiger partial charge in [0.25, 0.3) is 0 Å². The first kappa shape index (κ1) is 22.2. The highest BCUT2D eigenvalue weighted by Crippen LogP contribution is 2.54. The molecule has 1 saturated carbocycles. The van der Waals surface area contributed by atoms with E-state index in [1.165, 1.54) is 18.2 Å². The summed E-state index contributed by atoms with van der Waals surface area (Å²) < 4.78 is 51.6. The molecule has 0 bridgehead atoms. The van der Waals surface area contributed by atoms with Crippen LogP contribution in [0.4, 0.5) is 29.5 Å². The quantitative estimate of drug-likeness (QED) is 0.481. The lowest BCUT2D eigenvalue weighted by atomic mass is 10.1. The van der Waals surface area contributed by atoms with E-state index in [-0.39, 0.29) is 29.7 Å². The van der Waals surface area contributed by atoms with Gasteiger partial charge in [-0.15, -0.1) is 0 Å². The number of nitrogens with one attached hydrogen (secondary N) is 3. The first-order valence-corrected chi connectivity index (χ1v) is 11.3. The molecule has 0 saturated heterocycles. The summed E-state index contributed by atoms with van der Waals surface area (Å²) >= 11 is 0. The Labute approximate surface area is 202 Å². The summed E-state index contributed by atoms with van der Waals surface area (Å²) in [5, 5.41) is 7.73. The summed E-state index contributed by atoms with van der Waals surface area (Å²) in [5.41, 5.74) is 0.419. The van der Waals surface area contributed by atoms with E-state index < -0.39 is 17.8 Å². The van der Waals surface area contributed by atoms with Crippen molar-refractivity contribution in [3.05, 3.63) is 71.4 Å². The molecule has 3 aromatic rings. The van der Waals surface area contributed by atoms with E-state index in [9.17, 15) is 22.8 Å². The van der Waals surface area contributed by atoms with Crippen LogP contribution in [-0.4, -0.2) is 29.1 Å². The van der Waals surface area contributed by atoms with Crippen LogP contribution in [0, 0.1) is 0 Å². The number of halogens is 3. The lowest BCUT2D eigenvalue weighted by Gasteiger charge is -2.19. The first-order chi connectivity index (χ1) is 17.3. The van der Waals surface area contributed by atoms with E-state index >= 15 is 0 Å². The Bertz CT molecular complexity index is 1390. The number of benzene rings is 2. The second kappa shape index (κ2) is 8.14. The molecule has 3 aliphatic rings. The molecule has 0 radical (unpaired) electrons. The van der Waals surface area contributed by atoms with E-state index in [0.29, 0.717) is 35.9 Å². The molecule has 1 fully saturated rings. The zero-order chi connectivity index (χ0) is 25.0. The van der Waals surface area contributed by atoms with Crippen molar-refractivity contribution in [1.82, 2.24) is 10.3 Å². The number of urea groups is 1. The van der Waals surface area contributed by atoms with Crippen LogP contribution < -0.4 is 25.4 Å². The number of carbonyl (C=O) groups excluding carboxylic acids is 2. The Hall–Kier alpha value is -4.28. The lowest BCUT2D eigenvalue weighted by molar-refractivity contribution is -0.136. The van der Waals surface area contributed by atoms with Crippen LogP contribution in [0.2, 0.25) is 0 Å². The van der Waals surface area contributed by atoms with Crippen LogP contribution in [0.5, 0.6) is 17.2 Å². The number of aromatic nitrogens is 1. The van der Waals surface area contributed by atoms with Gasteiger partial charge in [0.1, 0.15) is 29.2 Å². The molecule has 3 amide bonds. The fraction of sp³-hybridized carbons (Fsp3) is 0.240. The van der Waals surface area contributed by atoms with Crippen LogP contribution in [-0.2, 0) is 17.4 Å². The molecule has 0 unspecified atom stereocenters. The zero-order valence-corrected chi connectivity index (χ0v) is 18.6. The molecular weight excluding hydrogens is 477 g/mol. The summed E-state index contributed by atoms with van der Waals surface area (Å²) in [6.07, 6.45) is -2.47. The fourth-order valence-electron chi connectivity index (χ4n) is 4.71. The minimum atomic E-state index is -4.59. The molecule has 8 nitrogen and oxygen atoms in total.